The van der Waals surface area contributed by atoms with Gasteiger partial charge in [0.1, 0.15) is 5.75 Å². The Kier molecular flexibility index (Phi) is 5.10. The standard InChI is InChI=1S/C12H15ClN2O/c1-9(6-14)7-15-8-10-5-11(13)3-4-12(10)16-2/h3-5,9,15H,7-8H2,1-2H3. The summed E-state index contributed by atoms with van der Waals surface area (Å²) in [5.74, 6) is 0.812. The lowest BCUT2D eigenvalue weighted by atomic mass is 10.1. The summed E-state index contributed by atoms with van der Waals surface area (Å²) in [7, 11) is 1.63. The van der Waals surface area contributed by atoms with Crippen LogP contribution in [0, 0.1) is 17.2 Å². The van der Waals surface area contributed by atoms with Crippen molar-refractivity contribution >= 4 is 11.6 Å². The first kappa shape index (κ1) is 12.8. The molecule has 16 heavy (non-hydrogen) atoms. The minimum atomic E-state index is 0.00480. The van der Waals surface area contributed by atoms with E-state index in [0.717, 1.165) is 11.3 Å². The fourth-order valence-corrected chi connectivity index (χ4v) is 1.55. The third kappa shape index (κ3) is 3.73. The molecule has 0 radical (unpaired) electrons. The van der Waals surface area contributed by atoms with Crippen LogP contribution in [0.4, 0.5) is 0 Å². The van der Waals surface area contributed by atoms with E-state index in [0.29, 0.717) is 18.1 Å². The smallest absolute Gasteiger partial charge is 0.123 e. The summed E-state index contributed by atoms with van der Waals surface area (Å²) in [4.78, 5) is 0. The van der Waals surface area contributed by atoms with E-state index in [1.165, 1.54) is 0 Å². The molecule has 0 spiro atoms. The van der Waals surface area contributed by atoms with Crippen molar-refractivity contribution in [1.29, 1.82) is 5.26 Å². The van der Waals surface area contributed by atoms with Gasteiger partial charge in [0.05, 0.1) is 19.1 Å². The van der Waals surface area contributed by atoms with Gasteiger partial charge >= 0.3 is 0 Å². The van der Waals surface area contributed by atoms with E-state index in [1.54, 1.807) is 13.2 Å². The molecule has 4 heteroatoms. The lowest BCUT2D eigenvalue weighted by Gasteiger charge is -2.10. The van der Waals surface area contributed by atoms with Gasteiger partial charge in [-0.15, -0.1) is 0 Å². The Morgan fingerprint density at radius 2 is 2.31 bits per heavy atom. The van der Waals surface area contributed by atoms with E-state index in [9.17, 15) is 0 Å². The van der Waals surface area contributed by atoms with Crippen LogP contribution in [0.3, 0.4) is 0 Å². The number of hydrogen-bond donors (Lipinski definition) is 1. The number of nitrogens with zero attached hydrogens (tertiary/aromatic N) is 1. The summed E-state index contributed by atoms with van der Waals surface area (Å²) in [5, 5.41) is 12.5. The quantitative estimate of drug-likeness (QED) is 0.858. The van der Waals surface area contributed by atoms with Crippen molar-refractivity contribution < 1.29 is 4.74 Å². The van der Waals surface area contributed by atoms with Gasteiger partial charge in [-0.25, -0.2) is 0 Å². The summed E-state index contributed by atoms with van der Waals surface area (Å²) in [5.41, 5.74) is 1.00. The van der Waals surface area contributed by atoms with Crippen LogP contribution in [0.5, 0.6) is 5.75 Å². The second kappa shape index (κ2) is 6.37. The summed E-state index contributed by atoms with van der Waals surface area (Å²) < 4.78 is 5.22. The van der Waals surface area contributed by atoms with E-state index < -0.39 is 0 Å². The first-order valence-electron chi connectivity index (χ1n) is 5.10. The fraction of sp³-hybridized carbons (Fsp3) is 0.417. The normalized spacial score (nSPS) is 11.9. The molecule has 0 aliphatic heterocycles. The van der Waals surface area contributed by atoms with Gasteiger partial charge < -0.3 is 10.1 Å². The highest BCUT2D eigenvalue weighted by Crippen LogP contribution is 2.22. The third-order valence-corrected chi connectivity index (χ3v) is 2.46. The fourth-order valence-electron chi connectivity index (χ4n) is 1.35. The van der Waals surface area contributed by atoms with Gasteiger partial charge in [0.25, 0.3) is 0 Å². The van der Waals surface area contributed by atoms with Gasteiger partial charge in [-0.1, -0.05) is 11.6 Å². The minimum Gasteiger partial charge on any atom is -0.496 e. The third-order valence-electron chi connectivity index (χ3n) is 2.23. The largest absolute Gasteiger partial charge is 0.496 e. The number of hydrogen-bond acceptors (Lipinski definition) is 3. The SMILES string of the molecule is COc1ccc(Cl)cc1CNCC(C)C#N. The van der Waals surface area contributed by atoms with Gasteiger partial charge in [0.2, 0.25) is 0 Å². The van der Waals surface area contributed by atoms with Crippen LogP contribution in [0.25, 0.3) is 0 Å². The van der Waals surface area contributed by atoms with Gasteiger partial charge in [-0.3, -0.25) is 0 Å². The number of nitriles is 1. The van der Waals surface area contributed by atoms with Crippen LogP contribution in [-0.2, 0) is 6.54 Å². The van der Waals surface area contributed by atoms with Crippen molar-refractivity contribution in [2.75, 3.05) is 13.7 Å². The number of benzene rings is 1. The number of nitrogens with one attached hydrogen (secondary N) is 1. The zero-order valence-corrected chi connectivity index (χ0v) is 10.2. The highest BCUT2D eigenvalue weighted by atomic mass is 35.5. The second-order valence-electron chi connectivity index (χ2n) is 3.62. The summed E-state index contributed by atoms with van der Waals surface area (Å²) in [6, 6.07) is 7.67. The zero-order valence-electron chi connectivity index (χ0n) is 9.46. The number of rotatable bonds is 5. The lowest BCUT2D eigenvalue weighted by Crippen LogP contribution is -2.20. The molecule has 86 valence electrons. The van der Waals surface area contributed by atoms with Crippen LogP contribution in [0.1, 0.15) is 12.5 Å². The summed E-state index contributed by atoms with van der Waals surface area (Å²) in [6.07, 6.45) is 0. The molecule has 1 atom stereocenters. The average molecular weight is 239 g/mol. The van der Waals surface area contributed by atoms with Crippen molar-refractivity contribution in [1.82, 2.24) is 5.32 Å². The van der Waals surface area contributed by atoms with Crippen molar-refractivity contribution in [3.8, 4) is 11.8 Å². The summed E-state index contributed by atoms with van der Waals surface area (Å²) in [6.45, 7) is 3.18. The molecule has 0 heterocycles. The topological polar surface area (TPSA) is 45.0 Å². The molecular weight excluding hydrogens is 224 g/mol. The van der Waals surface area contributed by atoms with Gasteiger partial charge in [-0.05, 0) is 25.1 Å². The second-order valence-corrected chi connectivity index (χ2v) is 4.05. The van der Waals surface area contributed by atoms with Gasteiger partial charge in [-0.2, -0.15) is 5.26 Å². The van der Waals surface area contributed by atoms with E-state index in [1.807, 2.05) is 19.1 Å². The Balaban J connectivity index is 2.59. The molecule has 0 aliphatic carbocycles. The highest BCUT2D eigenvalue weighted by molar-refractivity contribution is 6.30. The predicted molar refractivity (Wildman–Crippen MR) is 64.5 cm³/mol. The van der Waals surface area contributed by atoms with Crippen LogP contribution in [-0.4, -0.2) is 13.7 Å². The van der Waals surface area contributed by atoms with Crippen LogP contribution in [0.2, 0.25) is 5.02 Å². The van der Waals surface area contributed by atoms with E-state index in [2.05, 4.69) is 11.4 Å². The number of halogens is 1. The Bertz CT molecular complexity index is 387. The molecular formula is C12H15ClN2O. The Hall–Kier alpha value is -1.24. The first-order valence-corrected chi connectivity index (χ1v) is 5.48. The molecule has 3 nitrogen and oxygen atoms in total. The highest BCUT2D eigenvalue weighted by Gasteiger charge is 2.04. The van der Waals surface area contributed by atoms with Gasteiger partial charge in [0.15, 0.2) is 0 Å². The number of methoxy groups -OCH3 is 1. The maximum absolute atomic E-state index is 8.64. The molecule has 1 rings (SSSR count). The van der Waals surface area contributed by atoms with Gasteiger partial charge in [0, 0.05) is 23.7 Å². The molecule has 0 saturated carbocycles. The molecule has 0 bridgehead atoms. The van der Waals surface area contributed by atoms with Crippen molar-refractivity contribution in [3.63, 3.8) is 0 Å². The molecule has 1 unspecified atom stereocenters. The predicted octanol–water partition coefficient (Wildman–Crippen LogP) is 2.60. The molecule has 0 fully saturated rings. The van der Waals surface area contributed by atoms with Crippen LogP contribution < -0.4 is 10.1 Å². The molecule has 0 aliphatic rings. The van der Waals surface area contributed by atoms with Crippen LogP contribution in [0.15, 0.2) is 18.2 Å². The van der Waals surface area contributed by atoms with Crippen molar-refractivity contribution in [3.05, 3.63) is 28.8 Å². The average Bonchev–Trinajstić information content (AvgIpc) is 2.29. The van der Waals surface area contributed by atoms with Crippen molar-refractivity contribution in [2.24, 2.45) is 5.92 Å². The molecule has 0 aromatic heterocycles. The first-order chi connectivity index (χ1) is 7.67. The Labute approximate surface area is 101 Å². The molecule has 0 saturated heterocycles. The minimum absolute atomic E-state index is 0.00480. The molecule has 1 aromatic rings. The maximum Gasteiger partial charge on any atom is 0.123 e. The maximum atomic E-state index is 8.64. The Morgan fingerprint density at radius 3 is 2.94 bits per heavy atom. The Morgan fingerprint density at radius 1 is 1.56 bits per heavy atom. The number of ether oxygens (including phenoxy) is 1. The zero-order chi connectivity index (χ0) is 12.0. The molecule has 1 aromatic carbocycles. The molecule has 0 amide bonds. The van der Waals surface area contributed by atoms with E-state index in [-0.39, 0.29) is 5.92 Å². The van der Waals surface area contributed by atoms with E-state index in [4.69, 9.17) is 21.6 Å². The summed E-state index contributed by atoms with van der Waals surface area (Å²) >= 11 is 5.91. The monoisotopic (exact) mass is 238 g/mol. The van der Waals surface area contributed by atoms with Crippen LogP contribution >= 0.6 is 11.6 Å². The van der Waals surface area contributed by atoms with Crippen molar-refractivity contribution in [2.45, 2.75) is 13.5 Å². The molecule has 1 N–H and O–H groups in total. The van der Waals surface area contributed by atoms with E-state index >= 15 is 0 Å². The lowest BCUT2D eigenvalue weighted by molar-refractivity contribution is 0.407.